The van der Waals surface area contributed by atoms with Gasteiger partial charge in [0, 0.05) is 45.3 Å². The van der Waals surface area contributed by atoms with E-state index in [2.05, 4.69) is 0 Å². The van der Waals surface area contributed by atoms with E-state index in [1.165, 1.54) is 21.1 Å². The Morgan fingerprint density at radius 3 is 2.29 bits per heavy atom. The van der Waals surface area contributed by atoms with E-state index < -0.39 is 15.9 Å². The van der Waals surface area contributed by atoms with Crippen molar-refractivity contribution in [3.8, 4) is 0 Å². The minimum absolute atomic E-state index is 0.0421. The lowest BCUT2D eigenvalue weighted by Crippen LogP contribution is -2.51. The first kappa shape index (κ1) is 18.5. The van der Waals surface area contributed by atoms with Gasteiger partial charge in [-0.25, -0.2) is 8.42 Å². The molecule has 1 aromatic rings. The first-order chi connectivity index (χ1) is 11.2. The maximum Gasteiger partial charge on any atom is 0.265 e. The minimum Gasteiger partial charge on any atom is -0.364 e. The maximum absolute atomic E-state index is 12.7. The Bertz CT molecular complexity index is 733. The van der Waals surface area contributed by atoms with E-state index in [0.29, 0.717) is 13.1 Å². The molecule has 1 saturated heterocycles. The average molecular weight is 356 g/mol. The Labute approximate surface area is 142 Å². The second kappa shape index (κ2) is 6.94. The van der Waals surface area contributed by atoms with E-state index in [1.54, 1.807) is 11.9 Å². The van der Waals surface area contributed by atoms with Crippen LogP contribution in [0, 0.1) is 5.92 Å². The molecule has 0 spiro atoms. The zero-order valence-corrected chi connectivity index (χ0v) is 15.0. The lowest BCUT2D eigenvalue weighted by molar-refractivity contribution is -0.136. The predicted octanol–water partition coefficient (Wildman–Crippen LogP) is 0.00300. The summed E-state index contributed by atoms with van der Waals surface area (Å²) in [5.41, 5.74) is 5.37. The molecular weight excluding hydrogens is 332 g/mol. The largest absolute Gasteiger partial charge is 0.364 e. The number of aromatic nitrogens is 1. The highest BCUT2D eigenvalue weighted by Gasteiger charge is 2.32. The number of piperazine rings is 1. The molecule has 134 valence electrons. The van der Waals surface area contributed by atoms with Crippen molar-refractivity contribution in [3.63, 3.8) is 0 Å². The highest BCUT2D eigenvalue weighted by Crippen LogP contribution is 2.20. The third-order valence-electron chi connectivity index (χ3n) is 4.45. The normalized spacial score (nSPS) is 17.7. The van der Waals surface area contributed by atoms with Gasteiger partial charge in [-0.05, 0) is 12.5 Å². The summed E-state index contributed by atoms with van der Waals surface area (Å²) >= 11 is 0. The second-order valence-electron chi connectivity index (χ2n) is 6.07. The molecule has 2 rings (SSSR count). The molecular formula is C15H24N4O4S. The smallest absolute Gasteiger partial charge is 0.265 e. The molecule has 1 aliphatic heterocycles. The van der Waals surface area contributed by atoms with Crippen LogP contribution in [0.25, 0.3) is 0 Å². The van der Waals surface area contributed by atoms with Crippen molar-refractivity contribution in [2.24, 2.45) is 18.7 Å². The van der Waals surface area contributed by atoms with Crippen molar-refractivity contribution in [1.82, 2.24) is 13.8 Å². The minimum atomic E-state index is -3.71. The molecule has 2 amide bonds. The summed E-state index contributed by atoms with van der Waals surface area (Å²) in [7, 11) is -2.13. The van der Waals surface area contributed by atoms with E-state index in [-0.39, 0.29) is 35.5 Å². The highest BCUT2D eigenvalue weighted by molar-refractivity contribution is 7.89. The first-order valence-corrected chi connectivity index (χ1v) is 9.37. The molecule has 8 nitrogen and oxygen atoms in total. The van der Waals surface area contributed by atoms with Gasteiger partial charge in [0.05, 0.1) is 0 Å². The van der Waals surface area contributed by atoms with Gasteiger partial charge in [-0.1, -0.05) is 13.8 Å². The fourth-order valence-electron chi connectivity index (χ4n) is 2.70. The zero-order chi connectivity index (χ0) is 18.1. The summed E-state index contributed by atoms with van der Waals surface area (Å²) in [4.78, 5) is 25.2. The van der Waals surface area contributed by atoms with Crippen molar-refractivity contribution < 1.29 is 18.0 Å². The molecule has 0 unspecified atom stereocenters. The van der Waals surface area contributed by atoms with Gasteiger partial charge in [-0.15, -0.1) is 0 Å². The average Bonchev–Trinajstić information content (AvgIpc) is 2.96. The van der Waals surface area contributed by atoms with Crippen LogP contribution in [-0.2, 0) is 21.9 Å². The first-order valence-electron chi connectivity index (χ1n) is 7.93. The van der Waals surface area contributed by atoms with E-state index in [1.807, 2.05) is 13.8 Å². The van der Waals surface area contributed by atoms with Crippen molar-refractivity contribution >= 4 is 21.8 Å². The third kappa shape index (κ3) is 3.46. The summed E-state index contributed by atoms with van der Waals surface area (Å²) in [6.45, 7) is 5.06. The van der Waals surface area contributed by atoms with Crippen molar-refractivity contribution in [2.75, 3.05) is 26.2 Å². The van der Waals surface area contributed by atoms with Gasteiger partial charge in [-0.3, -0.25) is 9.59 Å². The molecule has 1 aromatic heterocycles. The Hall–Kier alpha value is -1.87. The van der Waals surface area contributed by atoms with Crippen LogP contribution in [0.5, 0.6) is 0 Å². The van der Waals surface area contributed by atoms with E-state index in [9.17, 15) is 18.0 Å². The highest BCUT2D eigenvalue weighted by atomic mass is 32.2. The molecule has 0 saturated carbocycles. The van der Waals surface area contributed by atoms with Gasteiger partial charge in [0.15, 0.2) is 0 Å². The number of amides is 2. The predicted molar refractivity (Wildman–Crippen MR) is 88.7 cm³/mol. The summed E-state index contributed by atoms with van der Waals surface area (Å²) in [6, 6.07) is 1.29. The molecule has 24 heavy (non-hydrogen) atoms. The Morgan fingerprint density at radius 2 is 1.83 bits per heavy atom. The number of hydrogen-bond acceptors (Lipinski definition) is 4. The molecule has 0 bridgehead atoms. The van der Waals surface area contributed by atoms with Crippen LogP contribution in [0.4, 0.5) is 0 Å². The van der Waals surface area contributed by atoms with Crippen molar-refractivity contribution in [3.05, 3.63) is 18.0 Å². The summed E-state index contributed by atoms with van der Waals surface area (Å²) in [6.07, 6.45) is 2.14. The molecule has 1 atom stereocenters. The number of hydrogen-bond donors (Lipinski definition) is 1. The molecule has 2 N–H and O–H groups in total. The number of rotatable bonds is 5. The van der Waals surface area contributed by atoms with Gasteiger partial charge in [0.2, 0.25) is 15.9 Å². The second-order valence-corrected chi connectivity index (χ2v) is 8.01. The number of carbonyl (C=O) groups excluding carboxylic acids is 2. The molecule has 2 heterocycles. The van der Waals surface area contributed by atoms with Crippen LogP contribution in [0.1, 0.15) is 30.8 Å². The number of aryl methyl sites for hydroxylation is 1. The van der Waals surface area contributed by atoms with Crippen LogP contribution >= 0.6 is 0 Å². The molecule has 0 radical (unpaired) electrons. The fraction of sp³-hybridized carbons (Fsp3) is 0.600. The number of primary amides is 1. The van der Waals surface area contributed by atoms with E-state index in [0.717, 1.165) is 6.42 Å². The van der Waals surface area contributed by atoms with Gasteiger partial charge in [0.25, 0.3) is 5.91 Å². The van der Waals surface area contributed by atoms with Gasteiger partial charge in [-0.2, -0.15) is 4.31 Å². The molecule has 9 heteroatoms. The Morgan fingerprint density at radius 1 is 1.25 bits per heavy atom. The van der Waals surface area contributed by atoms with Gasteiger partial charge < -0.3 is 15.2 Å². The SMILES string of the molecule is CC[C@H](C)C(=O)N1CCN(S(=O)(=O)c2cc(C(N)=O)n(C)c2)CC1. The number of nitrogens with zero attached hydrogens (tertiary/aromatic N) is 3. The van der Waals surface area contributed by atoms with E-state index in [4.69, 9.17) is 5.73 Å². The zero-order valence-electron chi connectivity index (χ0n) is 14.2. The molecule has 0 aliphatic carbocycles. The Kier molecular flexibility index (Phi) is 5.34. The standard InChI is InChI=1S/C15H24N4O4S/c1-4-11(2)15(21)18-5-7-19(8-6-18)24(22,23)12-9-13(14(16)20)17(3)10-12/h9-11H,4-8H2,1-3H3,(H2,16,20)/t11-/m0/s1. The molecule has 1 fully saturated rings. The van der Waals surface area contributed by atoms with Crippen molar-refractivity contribution in [1.29, 1.82) is 0 Å². The van der Waals surface area contributed by atoms with Crippen LogP contribution in [0.15, 0.2) is 17.2 Å². The quantitative estimate of drug-likeness (QED) is 0.802. The van der Waals surface area contributed by atoms with E-state index >= 15 is 0 Å². The summed E-state index contributed by atoms with van der Waals surface area (Å²) < 4.78 is 28.1. The molecule has 0 aromatic carbocycles. The lowest BCUT2D eigenvalue weighted by Gasteiger charge is -2.35. The monoisotopic (exact) mass is 356 g/mol. The van der Waals surface area contributed by atoms with Gasteiger partial charge in [0.1, 0.15) is 10.6 Å². The third-order valence-corrected chi connectivity index (χ3v) is 6.32. The van der Waals surface area contributed by atoms with Gasteiger partial charge >= 0.3 is 0 Å². The number of carbonyl (C=O) groups is 2. The number of nitrogens with two attached hydrogens (primary N) is 1. The number of sulfonamides is 1. The Balaban J connectivity index is 2.12. The van der Waals surface area contributed by atoms with Crippen LogP contribution in [0.3, 0.4) is 0 Å². The molecule has 1 aliphatic rings. The summed E-state index contributed by atoms with van der Waals surface area (Å²) in [5, 5.41) is 0. The van der Waals surface area contributed by atoms with Crippen LogP contribution in [-0.4, -0.2) is 60.2 Å². The van der Waals surface area contributed by atoms with Crippen LogP contribution < -0.4 is 5.73 Å². The van der Waals surface area contributed by atoms with Crippen LogP contribution in [0.2, 0.25) is 0 Å². The topological polar surface area (TPSA) is 106 Å². The van der Waals surface area contributed by atoms with Crippen molar-refractivity contribution in [2.45, 2.75) is 25.2 Å². The maximum atomic E-state index is 12.7. The fourth-order valence-corrected chi connectivity index (χ4v) is 4.20. The summed E-state index contributed by atoms with van der Waals surface area (Å²) in [5.74, 6) is -0.673. The lowest BCUT2D eigenvalue weighted by atomic mass is 10.1.